The lowest BCUT2D eigenvalue weighted by molar-refractivity contribution is -0.138. The Morgan fingerprint density at radius 3 is 2.73 bits per heavy atom. The smallest absolute Gasteiger partial charge is 0.299 e. The third kappa shape index (κ3) is 3.66. The zero-order chi connectivity index (χ0) is 18.9. The van der Waals surface area contributed by atoms with E-state index in [1.807, 2.05) is 0 Å². The predicted molar refractivity (Wildman–Crippen MR) is 85.3 cm³/mol. The van der Waals surface area contributed by atoms with E-state index in [4.69, 9.17) is 0 Å². The van der Waals surface area contributed by atoms with Crippen LogP contribution in [0.15, 0.2) is 36.5 Å². The number of hydrogen-bond acceptors (Lipinski definition) is 3. The molecule has 1 heterocycles. The fourth-order valence-electron chi connectivity index (χ4n) is 3.28. The van der Waals surface area contributed by atoms with Crippen LogP contribution in [-0.2, 0) is 17.4 Å². The highest BCUT2D eigenvalue weighted by Crippen LogP contribution is 2.35. The van der Waals surface area contributed by atoms with E-state index in [1.54, 1.807) is 12.1 Å². The van der Waals surface area contributed by atoms with Gasteiger partial charge in [-0.1, -0.05) is 12.1 Å². The maximum atomic E-state index is 13.2. The first-order valence-corrected chi connectivity index (χ1v) is 8.14. The second-order valence-corrected chi connectivity index (χ2v) is 6.22. The van der Waals surface area contributed by atoms with Crippen LogP contribution in [0.3, 0.4) is 0 Å². The fourth-order valence-corrected chi connectivity index (χ4v) is 3.28. The van der Waals surface area contributed by atoms with Crippen LogP contribution in [0, 0.1) is 5.82 Å². The molecular formula is C19H15F4NO2. The van der Waals surface area contributed by atoms with Crippen molar-refractivity contribution in [2.75, 3.05) is 0 Å². The number of carbonyl (C=O) groups is 2. The number of Topliss-reactive ketones (excluding diaryl/α,β-unsaturated/α-hetero) is 2. The summed E-state index contributed by atoms with van der Waals surface area (Å²) in [7, 11) is 0. The van der Waals surface area contributed by atoms with Crippen molar-refractivity contribution in [3.8, 4) is 0 Å². The lowest BCUT2D eigenvalue weighted by atomic mass is 9.81. The van der Waals surface area contributed by atoms with Crippen LogP contribution in [-0.4, -0.2) is 16.6 Å². The van der Waals surface area contributed by atoms with Crippen LogP contribution in [0.4, 0.5) is 17.6 Å². The molecule has 0 radical (unpaired) electrons. The molecule has 26 heavy (non-hydrogen) atoms. The molecule has 3 nitrogen and oxygen atoms in total. The van der Waals surface area contributed by atoms with Crippen molar-refractivity contribution < 1.29 is 27.2 Å². The Morgan fingerprint density at radius 2 is 2.00 bits per heavy atom. The lowest BCUT2D eigenvalue weighted by Gasteiger charge is -2.22. The number of carbonyl (C=O) groups excluding carboxylic acids is 2. The van der Waals surface area contributed by atoms with Gasteiger partial charge in [0.05, 0.1) is 5.56 Å². The number of fused-ring (bicyclic) bond motifs is 1. The molecule has 0 N–H and O–H groups in total. The number of halogens is 4. The monoisotopic (exact) mass is 365 g/mol. The second kappa shape index (κ2) is 6.97. The van der Waals surface area contributed by atoms with Crippen molar-refractivity contribution in [1.82, 2.24) is 4.98 Å². The number of pyridine rings is 1. The molecule has 1 aliphatic rings. The van der Waals surface area contributed by atoms with E-state index in [9.17, 15) is 27.2 Å². The van der Waals surface area contributed by atoms with E-state index in [2.05, 4.69) is 4.98 Å². The van der Waals surface area contributed by atoms with Gasteiger partial charge in [-0.05, 0) is 42.2 Å². The maximum Gasteiger partial charge on any atom is 0.416 e. The number of benzene rings is 1. The Hall–Kier alpha value is -2.57. The molecule has 0 amide bonds. The third-order valence-electron chi connectivity index (χ3n) is 4.55. The second-order valence-electron chi connectivity index (χ2n) is 6.22. The molecule has 0 spiro atoms. The van der Waals surface area contributed by atoms with E-state index in [-0.39, 0.29) is 42.1 Å². The molecule has 0 saturated heterocycles. The predicted octanol–water partition coefficient (Wildman–Crippen LogP) is 4.50. The minimum absolute atomic E-state index is 0.120. The minimum Gasteiger partial charge on any atom is -0.299 e. The van der Waals surface area contributed by atoms with Gasteiger partial charge in [-0.25, -0.2) is 4.39 Å². The van der Waals surface area contributed by atoms with Gasteiger partial charge in [-0.3, -0.25) is 14.6 Å². The van der Waals surface area contributed by atoms with Crippen molar-refractivity contribution in [3.63, 3.8) is 0 Å². The summed E-state index contributed by atoms with van der Waals surface area (Å²) in [4.78, 5) is 28.5. The molecule has 0 bridgehead atoms. The quantitative estimate of drug-likeness (QED) is 0.750. The van der Waals surface area contributed by atoms with Crippen molar-refractivity contribution in [2.45, 2.75) is 37.8 Å². The van der Waals surface area contributed by atoms with E-state index in [1.165, 1.54) is 6.20 Å². The SMILES string of the molecule is O=C1CCC(C(=O)CCc2ccc(F)cc2C(F)(F)F)c2cccnc21. The Kier molecular flexibility index (Phi) is 4.89. The summed E-state index contributed by atoms with van der Waals surface area (Å²) in [6.45, 7) is 0. The summed E-state index contributed by atoms with van der Waals surface area (Å²) in [6, 6.07) is 5.73. The van der Waals surface area contributed by atoms with Crippen LogP contribution in [0.1, 0.15) is 52.4 Å². The summed E-state index contributed by atoms with van der Waals surface area (Å²) in [5.74, 6) is -1.91. The number of rotatable bonds is 4. The van der Waals surface area contributed by atoms with Gasteiger partial charge < -0.3 is 0 Å². The molecule has 1 unspecified atom stereocenters. The molecule has 7 heteroatoms. The summed E-state index contributed by atoms with van der Waals surface area (Å²) in [5, 5.41) is 0. The molecule has 1 aromatic carbocycles. The molecule has 1 aliphatic carbocycles. The standard InChI is InChI=1S/C19H15F4NO2/c20-12-5-3-11(15(10-12)19(21,22)23)4-7-16(25)13-6-8-17(26)18-14(13)2-1-9-24-18/h1-3,5,9-10,13H,4,6-8H2. The Bertz CT molecular complexity index is 861. The van der Waals surface area contributed by atoms with Gasteiger partial charge in [0.2, 0.25) is 0 Å². The molecule has 136 valence electrons. The average Bonchev–Trinajstić information content (AvgIpc) is 2.60. The van der Waals surface area contributed by atoms with Crippen LogP contribution in [0.2, 0.25) is 0 Å². The fraction of sp³-hybridized carbons (Fsp3) is 0.316. The van der Waals surface area contributed by atoms with Crippen molar-refractivity contribution in [1.29, 1.82) is 0 Å². The maximum absolute atomic E-state index is 13.2. The Balaban J connectivity index is 1.79. The van der Waals surface area contributed by atoms with Crippen molar-refractivity contribution >= 4 is 11.6 Å². The first-order chi connectivity index (χ1) is 12.3. The van der Waals surface area contributed by atoms with Gasteiger partial charge in [0, 0.05) is 25.0 Å². The number of ketones is 2. The zero-order valence-corrected chi connectivity index (χ0v) is 13.6. The highest BCUT2D eigenvalue weighted by Gasteiger charge is 2.35. The molecule has 1 atom stereocenters. The van der Waals surface area contributed by atoms with Gasteiger partial charge in [-0.2, -0.15) is 13.2 Å². The molecule has 1 aromatic heterocycles. The molecule has 3 rings (SSSR count). The summed E-state index contributed by atoms with van der Waals surface area (Å²) >= 11 is 0. The number of aromatic nitrogens is 1. The summed E-state index contributed by atoms with van der Waals surface area (Å²) in [5.41, 5.74) is -0.393. The largest absolute Gasteiger partial charge is 0.416 e. The van der Waals surface area contributed by atoms with Crippen LogP contribution in [0.25, 0.3) is 0 Å². The highest BCUT2D eigenvalue weighted by atomic mass is 19.4. The molecule has 0 fully saturated rings. The Labute approximate surface area is 147 Å². The third-order valence-corrected chi connectivity index (χ3v) is 4.55. The topological polar surface area (TPSA) is 47.0 Å². The highest BCUT2D eigenvalue weighted by molar-refractivity contribution is 6.00. The Morgan fingerprint density at radius 1 is 1.23 bits per heavy atom. The molecule has 0 saturated carbocycles. The molecule has 0 aliphatic heterocycles. The van der Waals surface area contributed by atoms with Crippen molar-refractivity contribution in [3.05, 3.63) is 64.7 Å². The van der Waals surface area contributed by atoms with Crippen LogP contribution >= 0.6 is 0 Å². The normalized spacial score (nSPS) is 17.1. The van der Waals surface area contributed by atoms with E-state index in [0.717, 1.165) is 12.1 Å². The van der Waals surface area contributed by atoms with Gasteiger partial charge in [0.1, 0.15) is 17.3 Å². The zero-order valence-electron chi connectivity index (χ0n) is 13.6. The van der Waals surface area contributed by atoms with Crippen molar-refractivity contribution in [2.24, 2.45) is 0 Å². The summed E-state index contributed by atoms with van der Waals surface area (Å²) < 4.78 is 52.3. The van der Waals surface area contributed by atoms with Gasteiger partial charge in [0.15, 0.2) is 5.78 Å². The number of aryl methyl sites for hydroxylation is 1. The van der Waals surface area contributed by atoms with E-state index < -0.39 is 23.5 Å². The first kappa shape index (κ1) is 18.2. The first-order valence-electron chi connectivity index (χ1n) is 8.14. The number of alkyl halides is 3. The van der Waals surface area contributed by atoms with E-state index in [0.29, 0.717) is 18.1 Å². The number of hydrogen-bond donors (Lipinski definition) is 0. The minimum atomic E-state index is -4.69. The van der Waals surface area contributed by atoms with E-state index >= 15 is 0 Å². The summed E-state index contributed by atoms with van der Waals surface area (Å²) in [6.07, 6.45) is -2.97. The lowest BCUT2D eigenvalue weighted by Crippen LogP contribution is -2.23. The average molecular weight is 365 g/mol. The number of nitrogens with zero attached hydrogens (tertiary/aromatic N) is 1. The molecule has 2 aromatic rings. The molecular weight excluding hydrogens is 350 g/mol. The van der Waals surface area contributed by atoms with Gasteiger partial charge >= 0.3 is 6.18 Å². The van der Waals surface area contributed by atoms with Gasteiger partial charge in [-0.15, -0.1) is 0 Å². The van der Waals surface area contributed by atoms with Crippen LogP contribution in [0.5, 0.6) is 0 Å². The van der Waals surface area contributed by atoms with Crippen LogP contribution < -0.4 is 0 Å². The van der Waals surface area contributed by atoms with Gasteiger partial charge in [0.25, 0.3) is 0 Å².